The van der Waals surface area contributed by atoms with E-state index < -0.39 is 0 Å². The lowest BCUT2D eigenvalue weighted by atomic mass is 10.2. The molecule has 0 amide bonds. The van der Waals surface area contributed by atoms with Crippen LogP contribution in [0.3, 0.4) is 0 Å². The van der Waals surface area contributed by atoms with Gasteiger partial charge < -0.3 is 9.15 Å². The highest BCUT2D eigenvalue weighted by atomic mass is 16.5. The van der Waals surface area contributed by atoms with Crippen LogP contribution >= 0.6 is 0 Å². The number of ether oxygens (including phenoxy) is 1. The average Bonchev–Trinajstić information content (AvgIpc) is 3.09. The van der Waals surface area contributed by atoms with Crippen LogP contribution in [0.4, 0.5) is 0 Å². The van der Waals surface area contributed by atoms with Crippen molar-refractivity contribution in [2.75, 3.05) is 6.61 Å². The molecule has 1 aromatic carbocycles. The van der Waals surface area contributed by atoms with E-state index in [1.54, 1.807) is 6.26 Å². The summed E-state index contributed by atoms with van der Waals surface area (Å²) >= 11 is 0. The highest BCUT2D eigenvalue weighted by Crippen LogP contribution is 2.26. The molecule has 0 atom stereocenters. The van der Waals surface area contributed by atoms with Gasteiger partial charge in [0.25, 0.3) is 0 Å². The number of furan rings is 1. The van der Waals surface area contributed by atoms with E-state index in [4.69, 9.17) is 9.15 Å². The monoisotopic (exact) mass is 258 g/mol. The Morgan fingerprint density at radius 3 is 3.11 bits per heavy atom. The minimum Gasteiger partial charge on any atom is -0.493 e. The maximum absolute atomic E-state index is 5.77. The second kappa shape index (κ2) is 5.51. The number of hydrogen-bond acceptors (Lipinski definition) is 5. The van der Waals surface area contributed by atoms with Crippen molar-refractivity contribution in [3.63, 3.8) is 0 Å². The van der Waals surface area contributed by atoms with Gasteiger partial charge in [-0.3, -0.25) is 0 Å². The zero-order chi connectivity index (χ0) is 12.9. The molecule has 0 aliphatic carbocycles. The summed E-state index contributed by atoms with van der Waals surface area (Å²) in [4.78, 5) is 0. The third-order valence-electron chi connectivity index (χ3n) is 2.90. The number of fused-ring (bicyclic) bond motifs is 1. The summed E-state index contributed by atoms with van der Waals surface area (Å²) in [6, 6.07) is 7.74. The fraction of sp³-hybridized carbons (Fsp3) is 0.308. The number of nitrogens with one attached hydrogen (secondary N) is 1. The zero-order valence-electron chi connectivity index (χ0n) is 10.4. The van der Waals surface area contributed by atoms with Crippen molar-refractivity contribution in [2.24, 2.45) is 0 Å². The second-order valence-electron chi connectivity index (χ2n) is 4.22. The number of unbranched alkanes of at least 4 members (excludes halogenated alkanes) is 1. The number of aryl methyl sites for hydroxylation is 1. The van der Waals surface area contributed by atoms with Gasteiger partial charge in [-0.05, 0) is 31.0 Å². The van der Waals surface area contributed by atoms with Crippen molar-refractivity contribution < 1.29 is 9.15 Å². The lowest BCUT2D eigenvalue weighted by molar-refractivity contribution is 0.310. The van der Waals surface area contributed by atoms with E-state index in [0.29, 0.717) is 6.61 Å². The Bertz CT molecular complexity index is 633. The fourth-order valence-electron chi connectivity index (χ4n) is 1.95. The first-order valence-corrected chi connectivity index (χ1v) is 6.25. The molecule has 98 valence electrons. The van der Waals surface area contributed by atoms with Crippen molar-refractivity contribution in [3.05, 3.63) is 36.4 Å². The van der Waals surface area contributed by atoms with Crippen LogP contribution in [-0.4, -0.2) is 27.2 Å². The standard InChI is InChI=1S/C13H14N4O2/c1(6-13-14-16-17-15-13)2-8-18-11-4-3-5-12-10(11)7-9-19-12/h3-5,7,9H,1-2,6,8H2,(H,14,15,16,17). The van der Waals surface area contributed by atoms with Gasteiger partial charge in [-0.25, -0.2) is 0 Å². The van der Waals surface area contributed by atoms with Gasteiger partial charge in [0.05, 0.1) is 18.3 Å². The highest BCUT2D eigenvalue weighted by molar-refractivity contribution is 5.83. The normalized spacial score (nSPS) is 10.9. The first-order chi connectivity index (χ1) is 9.43. The van der Waals surface area contributed by atoms with Gasteiger partial charge in [0, 0.05) is 6.42 Å². The van der Waals surface area contributed by atoms with Gasteiger partial charge in [-0.15, -0.1) is 10.2 Å². The van der Waals surface area contributed by atoms with E-state index in [1.165, 1.54) is 0 Å². The van der Waals surface area contributed by atoms with E-state index >= 15 is 0 Å². The number of rotatable bonds is 6. The number of H-pyrrole nitrogens is 1. The van der Waals surface area contributed by atoms with E-state index in [-0.39, 0.29) is 0 Å². The number of aromatic nitrogens is 4. The van der Waals surface area contributed by atoms with Crippen molar-refractivity contribution in [1.82, 2.24) is 20.6 Å². The van der Waals surface area contributed by atoms with Gasteiger partial charge in [0.15, 0.2) is 5.82 Å². The van der Waals surface area contributed by atoms with Crippen LogP contribution in [-0.2, 0) is 6.42 Å². The van der Waals surface area contributed by atoms with E-state index in [0.717, 1.165) is 41.8 Å². The van der Waals surface area contributed by atoms with Crippen molar-refractivity contribution >= 4 is 11.0 Å². The molecule has 6 nitrogen and oxygen atoms in total. The molecular formula is C13H14N4O2. The Morgan fingerprint density at radius 2 is 2.21 bits per heavy atom. The van der Waals surface area contributed by atoms with E-state index in [2.05, 4.69) is 20.6 Å². The summed E-state index contributed by atoms with van der Waals surface area (Å²) in [7, 11) is 0. The molecule has 2 heterocycles. The summed E-state index contributed by atoms with van der Waals surface area (Å²) in [5.74, 6) is 1.61. The van der Waals surface area contributed by atoms with Crippen LogP contribution in [0.15, 0.2) is 34.9 Å². The smallest absolute Gasteiger partial charge is 0.174 e. The summed E-state index contributed by atoms with van der Waals surface area (Å²) < 4.78 is 11.1. The predicted octanol–water partition coefficient (Wildman–Crippen LogP) is 2.35. The Hall–Kier alpha value is -2.37. The molecule has 19 heavy (non-hydrogen) atoms. The number of tetrazole rings is 1. The Balaban J connectivity index is 1.48. The Kier molecular flexibility index (Phi) is 3.40. The van der Waals surface area contributed by atoms with Crippen LogP contribution in [0.1, 0.15) is 18.7 Å². The molecule has 0 saturated carbocycles. The minimum absolute atomic E-state index is 0.669. The lowest BCUT2D eigenvalue weighted by Crippen LogP contribution is -1.99. The minimum atomic E-state index is 0.669. The molecule has 0 aliphatic heterocycles. The second-order valence-corrected chi connectivity index (χ2v) is 4.22. The van der Waals surface area contributed by atoms with Gasteiger partial charge >= 0.3 is 0 Å². The number of hydrogen-bond donors (Lipinski definition) is 1. The van der Waals surface area contributed by atoms with Crippen LogP contribution in [0.2, 0.25) is 0 Å². The fourth-order valence-corrected chi connectivity index (χ4v) is 1.95. The molecule has 0 saturated heterocycles. The molecule has 0 bridgehead atoms. The molecule has 3 aromatic rings. The first-order valence-electron chi connectivity index (χ1n) is 6.25. The summed E-state index contributed by atoms with van der Waals surface area (Å²) in [5, 5.41) is 14.8. The molecule has 0 spiro atoms. The third kappa shape index (κ3) is 2.73. The van der Waals surface area contributed by atoms with Crippen molar-refractivity contribution in [1.29, 1.82) is 0 Å². The summed E-state index contributed by atoms with van der Waals surface area (Å²) in [5.41, 5.74) is 0.851. The van der Waals surface area contributed by atoms with Crippen molar-refractivity contribution in [3.8, 4) is 5.75 Å². The van der Waals surface area contributed by atoms with Gasteiger partial charge in [0.2, 0.25) is 0 Å². The predicted molar refractivity (Wildman–Crippen MR) is 68.8 cm³/mol. The molecule has 0 aliphatic rings. The molecule has 0 fully saturated rings. The highest BCUT2D eigenvalue weighted by Gasteiger charge is 2.04. The number of aromatic amines is 1. The van der Waals surface area contributed by atoms with Crippen LogP contribution in [0.5, 0.6) is 5.75 Å². The summed E-state index contributed by atoms with van der Waals surface area (Å²) in [6.45, 7) is 0.669. The Morgan fingerprint density at radius 1 is 1.21 bits per heavy atom. The third-order valence-corrected chi connectivity index (χ3v) is 2.90. The first kappa shape index (κ1) is 11.7. The van der Waals surface area contributed by atoms with Crippen molar-refractivity contribution in [2.45, 2.75) is 19.3 Å². The van der Waals surface area contributed by atoms with E-state index in [1.807, 2.05) is 24.3 Å². The van der Waals surface area contributed by atoms with Gasteiger partial charge in [-0.2, -0.15) is 5.21 Å². The maximum atomic E-state index is 5.77. The van der Waals surface area contributed by atoms with Gasteiger partial charge in [-0.1, -0.05) is 11.3 Å². The molecule has 2 aromatic heterocycles. The largest absolute Gasteiger partial charge is 0.493 e. The quantitative estimate of drug-likeness (QED) is 0.687. The molecule has 1 N–H and O–H groups in total. The van der Waals surface area contributed by atoms with Crippen LogP contribution < -0.4 is 4.74 Å². The Labute approximate surface area is 109 Å². The molecule has 0 radical (unpaired) electrons. The molecular weight excluding hydrogens is 244 g/mol. The van der Waals surface area contributed by atoms with E-state index in [9.17, 15) is 0 Å². The molecule has 0 unspecified atom stereocenters. The van der Waals surface area contributed by atoms with Crippen LogP contribution in [0, 0.1) is 0 Å². The zero-order valence-corrected chi connectivity index (χ0v) is 10.4. The molecule has 6 heteroatoms. The topological polar surface area (TPSA) is 76.8 Å². The number of benzene rings is 1. The van der Waals surface area contributed by atoms with Crippen LogP contribution in [0.25, 0.3) is 11.0 Å². The summed E-state index contributed by atoms with van der Waals surface area (Å²) in [6.07, 6.45) is 4.41. The molecule has 3 rings (SSSR count). The number of nitrogens with zero attached hydrogens (tertiary/aromatic N) is 3. The maximum Gasteiger partial charge on any atom is 0.174 e. The lowest BCUT2D eigenvalue weighted by Gasteiger charge is -2.06. The average molecular weight is 258 g/mol. The van der Waals surface area contributed by atoms with Gasteiger partial charge in [0.1, 0.15) is 11.3 Å². The SMILES string of the molecule is c1cc(OCCCCc2nn[nH]n2)c2ccoc2c1.